The number of urea groups is 1. The number of carbonyl (C=O) groups is 3. The summed E-state index contributed by atoms with van der Waals surface area (Å²) in [5, 5.41) is 3.06. The van der Waals surface area contributed by atoms with Crippen LogP contribution in [0.15, 0.2) is 84.6 Å². The number of hydrogen-bond donors (Lipinski definition) is 1. The summed E-state index contributed by atoms with van der Waals surface area (Å²) in [5.74, 6) is -1.20. The molecule has 5 rings (SSSR count). The van der Waals surface area contributed by atoms with Crippen LogP contribution >= 0.6 is 0 Å². The first kappa shape index (κ1) is 24.0. The van der Waals surface area contributed by atoms with E-state index in [0.29, 0.717) is 18.7 Å². The van der Waals surface area contributed by atoms with Gasteiger partial charge in [-0.05, 0) is 61.4 Å². The van der Waals surface area contributed by atoms with Crippen molar-refractivity contribution in [1.29, 1.82) is 0 Å². The van der Waals surface area contributed by atoms with Crippen molar-refractivity contribution in [3.8, 4) is 5.75 Å². The SMILES string of the molecule is Cc1ccccc1OCCCn1cc(/C=C2/C(=O)NC(=O)N(c3ccc(F)cc3)C2=O)c2ccccc21. The number of amides is 4. The van der Waals surface area contributed by atoms with Crippen molar-refractivity contribution >= 4 is 40.5 Å². The zero-order valence-corrected chi connectivity index (χ0v) is 20.1. The number of imide groups is 2. The molecular formula is C29H24FN3O4. The van der Waals surface area contributed by atoms with E-state index in [2.05, 4.69) is 9.88 Å². The topological polar surface area (TPSA) is 80.6 Å². The third-order valence-electron chi connectivity index (χ3n) is 6.20. The fourth-order valence-electron chi connectivity index (χ4n) is 4.35. The van der Waals surface area contributed by atoms with E-state index < -0.39 is 23.7 Å². The molecule has 2 heterocycles. The van der Waals surface area contributed by atoms with E-state index in [1.165, 1.54) is 18.2 Å². The normalized spacial score (nSPS) is 14.9. The number of rotatable bonds is 7. The number of para-hydroxylation sites is 2. The van der Waals surface area contributed by atoms with Crippen molar-refractivity contribution < 1.29 is 23.5 Å². The molecule has 0 aliphatic carbocycles. The molecule has 1 N–H and O–H groups in total. The quantitative estimate of drug-likeness (QED) is 0.216. The summed E-state index contributed by atoms with van der Waals surface area (Å²) >= 11 is 0. The van der Waals surface area contributed by atoms with Crippen LogP contribution in [0, 0.1) is 12.7 Å². The minimum atomic E-state index is -0.880. The zero-order valence-electron chi connectivity index (χ0n) is 20.1. The Morgan fingerprint density at radius 2 is 1.68 bits per heavy atom. The van der Waals surface area contributed by atoms with E-state index in [1.54, 1.807) is 0 Å². The Hall–Kier alpha value is -4.72. The second kappa shape index (κ2) is 10.1. The third-order valence-corrected chi connectivity index (χ3v) is 6.20. The summed E-state index contributed by atoms with van der Waals surface area (Å²) in [5.41, 5.74) is 2.67. The van der Waals surface area contributed by atoms with Gasteiger partial charge in [-0.1, -0.05) is 36.4 Å². The highest BCUT2D eigenvalue weighted by atomic mass is 19.1. The molecule has 3 aromatic carbocycles. The van der Waals surface area contributed by atoms with Crippen LogP contribution in [0.5, 0.6) is 5.75 Å². The summed E-state index contributed by atoms with van der Waals surface area (Å²) in [4.78, 5) is 39.1. The second-order valence-electron chi connectivity index (χ2n) is 8.70. The van der Waals surface area contributed by atoms with Crippen LogP contribution in [0.4, 0.5) is 14.9 Å². The molecule has 1 aromatic heterocycles. The maximum atomic E-state index is 13.4. The molecule has 1 fully saturated rings. The van der Waals surface area contributed by atoms with Crippen LogP contribution < -0.4 is 15.0 Å². The molecule has 0 atom stereocenters. The molecule has 4 aromatic rings. The van der Waals surface area contributed by atoms with E-state index in [4.69, 9.17) is 4.74 Å². The first-order chi connectivity index (χ1) is 17.9. The molecule has 0 spiro atoms. The number of barbiturate groups is 1. The number of halogens is 1. The van der Waals surface area contributed by atoms with E-state index in [-0.39, 0.29) is 11.3 Å². The van der Waals surface area contributed by atoms with Crippen LogP contribution in [0.2, 0.25) is 0 Å². The number of aryl methyl sites for hydroxylation is 2. The standard InChI is InChI=1S/C29H24FN3O4/c1-19-7-2-5-10-26(19)37-16-6-15-32-18-20(23-8-3-4-9-25(23)32)17-24-27(34)31-29(36)33(28(24)35)22-13-11-21(30)12-14-22/h2-5,7-14,17-18H,6,15-16H2,1H3,(H,31,34,36)/b24-17-. The lowest BCUT2D eigenvalue weighted by molar-refractivity contribution is -0.122. The molecule has 1 saturated heterocycles. The Morgan fingerprint density at radius 3 is 2.46 bits per heavy atom. The fraction of sp³-hybridized carbons (Fsp3) is 0.138. The van der Waals surface area contributed by atoms with Crippen molar-refractivity contribution in [1.82, 2.24) is 9.88 Å². The van der Waals surface area contributed by atoms with Crippen LogP contribution in [0.25, 0.3) is 17.0 Å². The Balaban J connectivity index is 1.40. The first-order valence-corrected chi connectivity index (χ1v) is 11.9. The number of nitrogens with zero attached hydrogens (tertiary/aromatic N) is 2. The molecule has 7 nitrogen and oxygen atoms in total. The van der Waals surface area contributed by atoms with Gasteiger partial charge in [-0.2, -0.15) is 0 Å². The lowest BCUT2D eigenvalue weighted by Crippen LogP contribution is -2.54. The van der Waals surface area contributed by atoms with Gasteiger partial charge in [0.15, 0.2) is 0 Å². The second-order valence-corrected chi connectivity index (χ2v) is 8.70. The van der Waals surface area contributed by atoms with Gasteiger partial charge in [0.1, 0.15) is 17.1 Å². The number of aromatic nitrogens is 1. The van der Waals surface area contributed by atoms with Crippen LogP contribution in [-0.2, 0) is 16.1 Å². The number of anilines is 1. The van der Waals surface area contributed by atoms with Gasteiger partial charge in [-0.3, -0.25) is 14.9 Å². The molecule has 4 amide bonds. The summed E-state index contributed by atoms with van der Waals surface area (Å²) < 4.78 is 21.3. The molecule has 0 bridgehead atoms. The van der Waals surface area contributed by atoms with Crippen LogP contribution in [0.1, 0.15) is 17.5 Å². The van der Waals surface area contributed by atoms with E-state index in [0.717, 1.165) is 45.7 Å². The molecule has 37 heavy (non-hydrogen) atoms. The smallest absolute Gasteiger partial charge is 0.335 e. The first-order valence-electron chi connectivity index (χ1n) is 11.9. The number of hydrogen-bond acceptors (Lipinski definition) is 4. The average Bonchev–Trinajstić information content (AvgIpc) is 3.24. The summed E-state index contributed by atoms with van der Waals surface area (Å²) in [6.07, 6.45) is 4.11. The molecule has 186 valence electrons. The molecule has 0 saturated carbocycles. The predicted molar refractivity (Wildman–Crippen MR) is 139 cm³/mol. The zero-order chi connectivity index (χ0) is 25.9. The Morgan fingerprint density at radius 1 is 0.946 bits per heavy atom. The van der Waals surface area contributed by atoms with Gasteiger partial charge in [0.05, 0.1) is 12.3 Å². The van der Waals surface area contributed by atoms with Gasteiger partial charge in [-0.15, -0.1) is 0 Å². The largest absolute Gasteiger partial charge is 0.493 e. The molecule has 1 aliphatic heterocycles. The summed E-state index contributed by atoms with van der Waals surface area (Å²) in [6.45, 7) is 3.20. The van der Waals surface area contributed by atoms with Gasteiger partial charge in [0.25, 0.3) is 11.8 Å². The maximum Gasteiger partial charge on any atom is 0.335 e. The van der Waals surface area contributed by atoms with Crippen molar-refractivity contribution in [2.24, 2.45) is 0 Å². The number of ether oxygens (including phenoxy) is 1. The lowest BCUT2D eigenvalue weighted by atomic mass is 10.1. The van der Waals surface area contributed by atoms with Crippen LogP contribution in [-0.4, -0.2) is 29.0 Å². The third kappa shape index (κ3) is 4.86. The van der Waals surface area contributed by atoms with Gasteiger partial charge in [0.2, 0.25) is 0 Å². The van der Waals surface area contributed by atoms with E-state index in [9.17, 15) is 18.8 Å². The van der Waals surface area contributed by atoms with Gasteiger partial charge in [-0.25, -0.2) is 14.1 Å². The highest BCUT2D eigenvalue weighted by Crippen LogP contribution is 2.27. The summed E-state index contributed by atoms with van der Waals surface area (Å²) in [6, 6.07) is 19.6. The molecule has 0 unspecified atom stereocenters. The number of nitrogens with one attached hydrogen (secondary N) is 1. The predicted octanol–water partition coefficient (Wildman–Crippen LogP) is 5.22. The van der Waals surface area contributed by atoms with Gasteiger partial charge < -0.3 is 9.30 Å². The van der Waals surface area contributed by atoms with Gasteiger partial charge >= 0.3 is 6.03 Å². The number of fused-ring (bicyclic) bond motifs is 1. The Kier molecular flexibility index (Phi) is 6.55. The highest BCUT2D eigenvalue weighted by molar-refractivity contribution is 6.39. The molecule has 1 aliphatic rings. The van der Waals surface area contributed by atoms with Crippen molar-refractivity contribution in [3.05, 3.63) is 102 Å². The summed E-state index contributed by atoms with van der Waals surface area (Å²) in [7, 11) is 0. The van der Waals surface area contributed by atoms with E-state index >= 15 is 0 Å². The fourth-order valence-corrected chi connectivity index (χ4v) is 4.35. The van der Waals surface area contributed by atoms with Crippen molar-refractivity contribution in [2.75, 3.05) is 11.5 Å². The number of benzene rings is 3. The van der Waals surface area contributed by atoms with Crippen LogP contribution in [0.3, 0.4) is 0 Å². The Bertz CT molecular complexity index is 1540. The van der Waals surface area contributed by atoms with E-state index in [1.807, 2.05) is 61.7 Å². The highest BCUT2D eigenvalue weighted by Gasteiger charge is 2.37. The minimum absolute atomic E-state index is 0.165. The monoisotopic (exact) mass is 497 g/mol. The Labute approximate surface area is 212 Å². The maximum absolute atomic E-state index is 13.4. The van der Waals surface area contributed by atoms with Crippen molar-refractivity contribution in [2.45, 2.75) is 19.9 Å². The number of carbonyl (C=O) groups excluding carboxylic acids is 3. The molecule has 8 heteroatoms. The molecular weight excluding hydrogens is 473 g/mol. The minimum Gasteiger partial charge on any atom is -0.493 e. The average molecular weight is 498 g/mol. The lowest BCUT2D eigenvalue weighted by Gasteiger charge is -2.26. The van der Waals surface area contributed by atoms with Gasteiger partial charge in [0, 0.05) is 29.2 Å². The molecule has 0 radical (unpaired) electrons. The van der Waals surface area contributed by atoms with Crippen molar-refractivity contribution in [3.63, 3.8) is 0 Å².